The summed E-state index contributed by atoms with van der Waals surface area (Å²) in [5, 5.41) is 1.22. The Morgan fingerprint density at radius 2 is 1.76 bits per heavy atom. The zero-order valence-corrected chi connectivity index (χ0v) is 14.7. The molecule has 0 bridgehead atoms. The van der Waals surface area contributed by atoms with Crippen LogP contribution in [-0.4, -0.2) is 10.4 Å². The maximum atomic E-state index is 13.4. The summed E-state index contributed by atoms with van der Waals surface area (Å²) in [5.74, 6) is 0.393. The van der Waals surface area contributed by atoms with Crippen molar-refractivity contribution in [3.05, 3.63) is 59.4 Å². The van der Waals surface area contributed by atoms with Gasteiger partial charge in [0, 0.05) is 23.5 Å². The van der Waals surface area contributed by atoms with Crippen molar-refractivity contribution in [1.29, 1.82) is 0 Å². The third-order valence-electron chi connectivity index (χ3n) is 5.53. The van der Waals surface area contributed by atoms with E-state index in [-0.39, 0.29) is 11.6 Å². The average Bonchev–Trinajstić information content (AvgIpc) is 3.22. The summed E-state index contributed by atoms with van der Waals surface area (Å²) in [4.78, 5) is 11.8. The van der Waals surface area contributed by atoms with Gasteiger partial charge in [-0.3, -0.25) is 4.79 Å². The predicted molar refractivity (Wildman–Crippen MR) is 99.5 cm³/mol. The molecule has 1 heterocycles. The van der Waals surface area contributed by atoms with Gasteiger partial charge >= 0.3 is 0 Å². The van der Waals surface area contributed by atoms with Crippen LogP contribution in [0.1, 0.15) is 54.4 Å². The molecule has 0 amide bonds. The molecule has 0 aliphatic heterocycles. The number of halogens is 1. The van der Waals surface area contributed by atoms with Crippen LogP contribution in [-0.2, 0) is 7.05 Å². The fourth-order valence-electron chi connectivity index (χ4n) is 4.27. The maximum absolute atomic E-state index is 13.4. The summed E-state index contributed by atoms with van der Waals surface area (Å²) in [5.41, 5.74) is 5.36. The number of hydrogen-bond donors (Lipinski definition) is 0. The molecule has 25 heavy (non-hydrogen) atoms. The Hall–Kier alpha value is -2.42. The highest BCUT2D eigenvalue weighted by atomic mass is 19.1. The third kappa shape index (κ3) is 2.68. The molecule has 3 aromatic rings. The molecule has 2 aromatic carbocycles. The van der Waals surface area contributed by atoms with E-state index in [9.17, 15) is 9.18 Å². The lowest BCUT2D eigenvalue weighted by atomic mass is 9.91. The van der Waals surface area contributed by atoms with Gasteiger partial charge in [-0.1, -0.05) is 25.0 Å². The summed E-state index contributed by atoms with van der Waals surface area (Å²) in [6, 6.07) is 12.8. The molecule has 1 aliphatic carbocycles. The first-order valence-corrected chi connectivity index (χ1v) is 8.95. The van der Waals surface area contributed by atoms with Gasteiger partial charge in [0.05, 0.1) is 5.69 Å². The van der Waals surface area contributed by atoms with Crippen molar-refractivity contribution in [3.8, 4) is 11.3 Å². The second-order valence-electron chi connectivity index (χ2n) is 7.10. The number of nitrogens with zero attached hydrogens (tertiary/aromatic N) is 1. The molecular weight excluding hydrogens is 313 g/mol. The van der Waals surface area contributed by atoms with Crippen molar-refractivity contribution in [2.24, 2.45) is 7.05 Å². The zero-order chi connectivity index (χ0) is 17.6. The van der Waals surface area contributed by atoms with Gasteiger partial charge in [-0.25, -0.2) is 4.39 Å². The Morgan fingerprint density at radius 3 is 2.40 bits per heavy atom. The number of rotatable bonds is 3. The molecule has 4 rings (SSSR count). The van der Waals surface area contributed by atoms with E-state index >= 15 is 0 Å². The van der Waals surface area contributed by atoms with Crippen molar-refractivity contribution >= 4 is 16.7 Å². The van der Waals surface area contributed by atoms with Crippen LogP contribution in [0.3, 0.4) is 0 Å². The number of aryl methyl sites for hydroxylation is 1. The van der Waals surface area contributed by atoms with E-state index < -0.39 is 0 Å². The number of fused-ring (bicyclic) bond motifs is 1. The number of Topliss-reactive ketones (excluding diaryl/α,β-unsaturated/α-hetero) is 1. The molecule has 0 N–H and O–H groups in total. The summed E-state index contributed by atoms with van der Waals surface area (Å²) < 4.78 is 15.6. The Labute approximate surface area is 147 Å². The second kappa shape index (κ2) is 6.14. The van der Waals surface area contributed by atoms with Crippen LogP contribution < -0.4 is 0 Å². The van der Waals surface area contributed by atoms with Gasteiger partial charge in [-0.15, -0.1) is 0 Å². The van der Waals surface area contributed by atoms with Gasteiger partial charge in [0.25, 0.3) is 0 Å². The molecule has 0 radical (unpaired) electrons. The van der Waals surface area contributed by atoms with Crippen LogP contribution in [0.2, 0.25) is 0 Å². The fourth-order valence-corrected chi connectivity index (χ4v) is 4.27. The highest BCUT2D eigenvalue weighted by Gasteiger charge is 2.26. The number of benzene rings is 2. The largest absolute Gasteiger partial charge is 0.343 e. The van der Waals surface area contributed by atoms with Gasteiger partial charge in [0.15, 0.2) is 5.78 Å². The van der Waals surface area contributed by atoms with Crippen molar-refractivity contribution < 1.29 is 9.18 Å². The van der Waals surface area contributed by atoms with Crippen molar-refractivity contribution in [3.63, 3.8) is 0 Å². The minimum Gasteiger partial charge on any atom is -0.343 e. The van der Waals surface area contributed by atoms with Crippen LogP contribution in [0.4, 0.5) is 4.39 Å². The average molecular weight is 335 g/mol. The van der Waals surface area contributed by atoms with Gasteiger partial charge in [0.1, 0.15) is 5.82 Å². The topological polar surface area (TPSA) is 22.0 Å². The van der Waals surface area contributed by atoms with Crippen molar-refractivity contribution in [2.45, 2.75) is 38.5 Å². The summed E-state index contributed by atoms with van der Waals surface area (Å²) in [7, 11) is 2.05. The predicted octanol–water partition coefficient (Wildman–Crippen LogP) is 5.84. The second-order valence-corrected chi connectivity index (χ2v) is 7.10. The smallest absolute Gasteiger partial charge is 0.159 e. The van der Waals surface area contributed by atoms with Crippen LogP contribution in [0, 0.1) is 5.82 Å². The lowest BCUT2D eigenvalue weighted by molar-refractivity contribution is 0.101. The van der Waals surface area contributed by atoms with E-state index in [1.54, 1.807) is 6.92 Å². The first-order chi connectivity index (χ1) is 12.1. The third-order valence-corrected chi connectivity index (χ3v) is 5.53. The number of aromatic nitrogens is 1. The quantitative estimate of drug-likeness (QED) is 0.551. The summed E-state index contributed by atoms with van der Waals surface area (Å²) in [6.07, 6.45) is 4.91. The maximum Gasteiger partial charge on any atom is 0.159 e. The Bertz CT molecular complexity index is 946. The van der Waals surface area contributed by atoms with E-state index in [2.05, 4.69) is 10.6 Å². The van der Waals surface area contributed by atoms with Crippen molar-refractivity contribution in [1.82, 2.24) is 4.57 Å². The zero-order valence-electron chi connectivity index (χ0n) is 14.7. The molecule has 0 spiro atoms. The molecule has 1 saturated carbocycles. The molecular formula is C22H22FNO. The number of carbonyl (C=O) groups excluding carboxylic acids is 1. The summed E-state index contributed by atoms with van der Waals surface area (Å²) >= 11 is 0. The van der Waals surface area contributed by atoms with Gasteiger partial charge in [-0.05, 0) is 67.1 Å². The summed E-state index contributed by atoms with van der Waals surface area (Å²) in [6.45, 7) is 1.60. The van der Waals surface area contributed by atoms with Crippen LogP contribution in [0.25, 0.3) is 22.2 Å². The monoisotopic (exact) mass is 335 g/mol. The lowest BCUT2D eigenvalue weighted by Gasteiger charge is -2.13. The highest BCUT2D eigenvalue weighted by molar-refractivity contribution is 6.00. The van der Waals surface area contributed by atoms with Crippen molar-refractivity contribution in [2.75, 3.05) is 0 Å². The molecule has 1 aliphatic rings. The molecule has 1 fully saturated rings. The molecule has 1 aromatic heterocycles. The molecule has 3 heteroatoms. The molecule has 0 unspecified atom stereocenters. The standard InChI is InChI=1S/C22H22FNO/c1-14(25)17-9-12-19-20(13-17)24(2)22(16-7-10-18(23)11-8-16)21(19)15-5-3-4-6-15/h7-13,15H,3-6H2,1-2H3. The van der Waals surface area contributed by atoms with Gasteiger partial charge in [0.2, 0.25) is 0 Å². The van der Waals surface area contributed by atoms with Gasteiger partial charge < -0.3 is 4.57 Å². The minimum atomic E-state index is -0.219. The highest BCUT2D eigenvalue weighted by Crippen LogP contribution is 2.44. The van der Waals surface area contributed by atoms with Crippen LogP contribution in [0.15, 0.2) is 42.5 Å². The SMILES string of the molecule is CC(=O)c1ccc2c(C3CCCC3)c(-c3ccc(F)cc3)n(C)c2c1. The van der Waals surface area contributed by atoms with Crippen LogP contribution in [0.5, 0.6) is 0 Å². The van der Waals surface area contributed by atoms with E-state index in [1.807, 2.05) is 31.3 Å². The fraction of sp³-hybridized carbons (Fsp3) is 0.318. The molecule has 128 valence electrons. The first kappa shape index (κ1) is 16.1. The molecule has 2 nitrogen and oxygen atoms in total. The van der Waals surface area contributed by atoms with E-state index in [1.165, 1.54) is 48.8 Å². The van der Waals surface area contributed by atoms with Crippen LogP contribution >= 0.6 is 0 Å². The lowest BCUT2D eigenvalue weighted by Crippen LogP contribution is -1.98. The minimum absolute atomic E-state index is 0.0776. The number of carbonyl (C=O) groups is 1. The van der Waals surface area contributed by atoms with E-state index in [0.29, 0.717) is 5.92 Å². The van der Waals surface area contributed by atoms with Gasteiger partial charge in [-0.2, -0.15) is 0 Å². The Kier molecular flexibility index (Phi) is 3.95. The normalized spacial score (nSPS) is 15.2. The number of hydrogen-bond acceptors (Lipinski definition) is 1. The molecule has 0 saturated heterocycles. The Morgan fingerprint density at radius 1 is 1.08 bits per heavy atom. The number of ketones is 1. The Balaban J connectivity index is 2.01. The van der Waals surface area contributed by atoms with E-state index in [4.69, 9.17) is 0 Å². The van der Waals surface area contributed by atoms with E-state index in [0.717, 1.165) is 22.3 Å². The molecule has 0 atom stereocenters. The first-order valence-electron chi connectivity index (χ1n) is 8.95.